The minimum atomic E-state index is -0.883. The van der Waals surface area contributed by atoms with E-state index in [9.17, 15) is 14.4 Å². The molecule has 8 heteroatoms. The lowest BCUT2D eigenvalue weighted by molar-refractivity contribution is -0.154. The summed E-state index contributed by atoms with van der Waals surface area (Å²) in [6, 6.07) is 16.3. The van der Waals surface area contributed by atoms with E-state index in [0.717, 1.165) is 16.7 Å². The lowest BCUT2D eigenvalue weighted by atomic mass is 10.0. The number of amides is 2. The van der Waals surface area contributed by atoms with Crippen molar-refractivity contribution in [3.05, 3.63) is 89.5 Å². The van der Waals surface area contributed by atoms with Crippen LogP contribution < -0.4 is 5.32 Å². The molecule has 4 rings (SSSR count). The fraction of sp³-hybridized carbons (Fsp3) is 0.333. The molecule has 182 valence electrons. The molecule has 8 nitrogen and oxygen atoms in total. The van der Waals surface area contributed by atoms with Crippen LogP contribution >= 0.6 is 0 Å². The zero-order chi connectivity index (χ0) is 24.8. The number of nitrogens with zero attached hydrogens (tertiary/aromatic N) is 3. The van der Waals surface area contributed by atoms with Gasteiger partial charge >= 0.3 is 5.97 Å². The maximum Gasteiger partial charge on any atom is 0.329 e. The van der Waals surface area contributed by atoms with Crippen molar-refractivity contribution in [2.45, 2.75) is 51.4 Å². The molecular formula is C27H30N4O4. The van der Waals surface area contributed by atoms with Crippen molar-refractivity contribution < 1.29 is 19.1 Å². The highest BCUT2D eigenvalue weighted by molar-refractivity contribution is 5.93. The molecule has 1 N–H and O–H groups in total. The number of benzene rings is 2. The molecule has 1 saturated heterocycles. The predicted molar refractivity (Wildman–Crippen MR) is 130 cm³/mol. The van der Waals surface area contributed by atoms with Crippen molar-refractivity contribution in [3.8, 4) is 0 Å². The highest BCUT2D eigenvalue weighted by Gasteiger charge is 2.37. The quantitative estimate of drug-likeness (QED) is 0.481. The molecule has 1 fully saturated rings. The van der Waals surface area contributed by atoms with Gasteiger partial charge in [-0.2, -0.15) is 0 Å². The normalized spacial score (nSPS) is 15.9. The molecule has 0 radical (unpaired) electrons. The van der Waals surface area contributed by atoms with E-state index in [1.165, 1.54) is 12.0 Å². The molecule has 2 aromatic carbocycles. The fourth-order valence-corrected chi connectivity index (χ4v) is 4.28. The third kappa shape index (κ3) is 6.15. The number of hydrogen-bond acceptors (Lipinski definition) is 5. The highest BCUT2D eigenvalue weighted by Crippen LogP contribution is 2.19. The number of hydrogen-bond donors (Lipinski definition) is 1. The van der Waals surface area contributed by atoms with E-state index >= 15 is 0 Å². The second-order valence-corrected chi connectivity index (χ2v) is 8.88. The van der Waals surface area contributed by atoms with E-state index in [1.54, 1.807) is 6.33 Å². The van der Waals surface area contributed by atoms with Gasteiger partial charge in [-0.1, -0.05) is 60.2 Å². The second kappa shape index (κ2) is 11.0. The summed E-state index contributed by atoms with van der Waals surface area (Å²) in [5.41, 5.74) is 3.79. The summed E-state index contributed by atoms with van der Waals surface area (Å²) in [4.78, 5) is 44.3. The molecule has 1 aromatic heterocycles. The molecule has 3 aromatic rings. The third-order valence-corrected chi connectivity index (χ3v) is 6.20. The topological polar surface area (TPSA) is 93.5 Å². The number of methoxy groups -OCH3 is 1. The SMILES string of the molecule is COC(=O)[C@H](Cc1cn(Cc2ccccc2)cn1)N(Cc1ccc(C)cc1)C(=O)[C@@H]1CCC(=O)N1. The molecule has 0 unspecified atom stereocenters. The maximum absolute atomic E-state index is 13.5. The molecule has 35 heavy (non-hydrogen) atoms. The Bertz CT molecular complexity index is 1170. The number of imidazole rings is 1. The van der Waals surface area contributed by atoms with E-state index in [4.69, 9.17) is 4.74 Å². The van der Waals surface area contributed by atoms with Gasteiger partial charge in [-0.3, -0.25) is 9.59 Å². The molecule has 2 atom stereocenters. The number of carbonyl (C=O) groups is 3. The monoisotopic (exact) mass is 474 g/mol. The first-order chi connectivity index (χ1) is 16.9. The highest BCUT2D eigenvalue weighted by atomic mass is 16.5. The van der Waals surface area contributed by atoms with Crippen LogP contribution in [-0.2, 0) is 38.6 Å². The van der Waals surface area contributed by atoms with Gasteiger partial charge in [0.05, 0.1) is 19.1 Å². The number of carbonyl (C=O) groups excluding carboxylic acids is 3. The van der Waals surface area contributed by atoms with Crippen molar-refractivity contribution >= 4 is 17.8 Å². The predicted octanol–water partition coefficient (Wildman–Crippen LogP) is 2.63. The Morgan fingerprint density at radius 1 is 1.14 bits per heavy atom. The molecule has 0 bridgehead atoms. The minimum absolute atomic E-state index is 0.159. The van der Waals surface area contributed by atoms with Gasteiger partial charge in [-0.25, -0.2) is 9.78 Å². The van der Waals surface area contributed by atoms with Gasteiger partial charge in [0.25, 0.3) is 0 Å². The number of aryl methyl sites for hydroxylation is 1. The van der Waals surface area contributed by atoms with Crippen LogP contribution in [0.25, 0.3) is 0 Å². The number of aromatic nitrogens is 2. The zero-order valence-corrected chi connectivity index (χ0v) is 20.0. The minimum Gasteiger partial charge on any atom is -0.467 e. The van der Waals surface area contributed by atoms with Crippen LogP contribution in [0, 0.1) is 6.92 Å². The van der Waals surface area contributed by atoms with E-state index in [0.29, 0.717) is 25.1 Å². The van der Waals surface area contributed by atoms with Crippen molar-refractivity contribution in [1.82, 2.24) is 19.8 Å². The van der Waals surface area contributed by atoms with Crippen molar-refractivity contribution in [2.75, 3.05) is 7.11 Å². The Balaban J connectivity index is 1.59. The Kier molecular flexibility index (Phi) is 7.60. The average molecular weight is 475 g/mol. The van der Waals surface area contributed by atoms with Crippen LogP contribution in [0.4, 0.5) is 0 Å². The molecule has 0 saturated carbocycles. The summed E-state index contributed by atoms with van der Waals surface area (Å²) in [7, 11) is 1.31. The summed E-state index contributed by atoms with van der Waals surface area (Å²) < 4.78 is 7.05. The molecule has 1 aliphatic heterocycles. The van der Waals surface area contributed by atoms with E-state index in [-0.39, 0.29) is 24.8 Å². The Labute approximate surface area is 204 Å². The van der Waals surface area contributed by atoms with Crippen LogP contribution in [0.3, 0.4) is 0 Å². The number of esters is 1. The molecule has 2 heterocycles. The Morgan fingerprint density at radius 2 is 1.89 bits per heavy atom. The summed E-state index contributed by atoms with van der Waals surface area (Å²) in [6.07, 6.45) is 4.50. The van der Waals surface area contributed by atoms with Crippen molar-refractivity contribution in [1.29, 1.82) is 0 Å². The maximum atomic E-state index is 13.5. The summed E-state index contributed by atoms with van der Waals surface area (Å²) in [5, 5.41) is 2.73. The van der Waals surface area contributed by atoms with E-state index < -0.39 is 18.1 Å². The average Bonchev–Trinajstić information content (AvgIpc) is 3.51. The summed E-state index contributed by atoms with van der Waals surface area (Å²) in [5.74, 6) is -0.976. The van der Waals surface area contributed by atoms with Gasteiger partial charge in [0.2, 0.25) is 11.8 Å². The van der Waals surface area contributed by atoms with E-state index in [1.807, 2.05) is 72.3 Å². The van der Waals surface area contributed by atoms with Crippen molar-refractivity contribution in [3.63, 3.8) is 0 Å². The van der Waals surface area contributed by atoms with Crippen molar-refractivity contribution in [2.24, 2.45) is 0 Å². The molecule has 0 aliphatic carbocycles. The zero-order valence-electron chi connectivity index (χ0n) is 20.0. The summed E-state index contributed by atoms with van der Waals surface area (Å²) in [6.45, 7) is 2.86. The van der Waals surface area contributed by atoms with Crippen LogP contribution in [0.2, 0.25) is 0 Å². The number of rotatable bonds is 9. The van der Waals surface area contributed by atoms with Gasteiger partial charge in [-0.15, -0.1) is 0 Å². The Morgan fingerprint density at radius 3 is 2.54 bits per heavy atom. The van der Waals surface area contributed by atoms with Gasteiger partial charge in [0, 0.05) is 32.1 Å². The largest absolute Gasteiger partial charge is 0.467 e. The van der Waals surface area contributed by atoms with Crippen LogP contribution in [0.1, 0.15) is 35.2 Å². The van der Waals surface area contributed by atoms with E-state index in [2.05, 4.69) is 10.3 Å². The van der Waals surface area contributed by atoms with Gasteiger partial charge < -0.3 is 19.5 Å². The first-order valence-corrected chi connectivity index (χ1v) is 11.7. The van der Waals surface area contributed by atoms with Crippen LogP contribution in [0.15, 0.2) is 67.1 Å². The smallest absolute Gasteiger partial charge is 0.329 e. The molecule has 2 amide bonds. The Hall–Kier alpha value is -3.94. The lowest BCUT2D eigenvalue weighted by Crippen LogP contribution is -2.52. The first-order valence-electron chi connectivity index (χ1n) is 11.7. The fourth-order valence-electron chi connectivity index (χ4n) is 4.28. The standard InChI is InChI=1S/C27H30N4O4/c1-19-8-10-21(11-9-19)16-31(26(33)23-12-13-25(32)29-23)24(27(34)35-2)14-22-17-30(18-28-22)15-20-6-4-3-5-7-20/h3-11,17-18,23-24H,12-16H2,1-2H3,(H,29,32)/t23-,24-/m0/s1. The molecule has 1 aliphatic rings. The number of nitrogens with one attached hydrogen (secondary N) is 1. The molecular weight excluding hydrogens is 444 g/mol. The van der Waals surface area contributed by atoms with Gasteiger partial charge in [0.15, 0.2) is 0 Å². The van der Waals surface area contributed by atoms with Crippen LogP contribution in [0.5, 0.6) is 0 Å². The van der Waals surface area contributed by atoms with Gasteiger partial charge in [-0.05, 0) is 24.5 Å². The number of ether oxygens (including phenoxy) is 1. The summed E-state index contributed by atoms with van der Waals surface area (Å²) >= 11 is 0. The first kappa shape index (κ1) is 24.2. The second-order valence-electron chi connectivity index (χ2n) is 8.88. The van der Waals surface area contributed by atoms with Crippen LogP contribution in [-0.4, -0.2) is 51.4 Å². The third-order valence-electron chi connectivity index (χ3n) is 6.20. The lowest BCUT2D eigenvalue weighted by Gasteiger charge is -2.32. The molecule has 0 spiro atoms. The van der Waals surface area contributed by atoms with Gasteiger partial charge in [0.1, 0.15) is 12.1 Å².